The first-order valence-corrected chi connectivity index (χ1v) is 10.4. The van der Waals surface area contributed by atoms with Crippen LogP contribution in [0.25, 0.3) is 10.8 Å². The van der Waals surface area contributed by atoms with E-state index in [1.54, 1.807) is 7.11 Å². The average Bonchev–Trinajstić information content (AvgIpc) is 3.29. The highest BCUT2D eigenvalue weighted by molar-refractivity contribution is 5.84. The lowest BCUT2D eigenvalue weighted by Gasteiger charge is -2.23. The van der Waals surface area contributed by atoms with Crippen molar-refractivity contribution in [2.45, 2.75) is 25.1 Å². The third kappa shape index (κ3) is 3.59. The van der Waals surface area contributed by atoms with E-state index in [9.17, 15) is 4.79 Å². The second-order valence-corrected chi connectivity index (χ2v) is 7.99. The Morgan fingerprint density at radius 1 is 1.13 bits per heavy atom. The fourth-order valence-corrected chi connectivity index (χ4v) is 4.58. The van der Waals surface area contributed by atoms with E-state index in [1.807, 2.05) is 41.6 Å². The summed E-state index contributed by atoms with van der Waals surface area (Å²) in [4.78, 5) is 20.9. The summed E-state index contributed by atoms with van der Waals surface area (Å²) in [6.07, 6.45) is 4.31. The van der Waals surface area contributed by atoms with Crippen molar-refractivity contribution in [3.05, 3.63) is 72.1 Å². The second-order valence-electron chi connectivity index (χ2n) is 7.99. The molecule has 6 heteroatoms. The van der Waals surface area contributed by atoms with Gasteiger partial charge in [-0.15, -0.1) is 0 Å². The van der Waals surface area contributed by atoms with Crippen LogP contribution in [0.15, 0.2) is 60.9 Å². The maximum absolute atomic E-state index is 12.4. The number of fused-ring (bicyclic) bond motifs is 2. The average molecular weight is 403 g/mol. The van der Waals surface area contributed by atoms with Gasteiger partial charge in [-0.05, 0) is 41.1 Å². The molecule has 154 valence electrons. The number of aromatic nitrogens is 1. The summed E-state index contributed by atoms with van der Waals surface area (Å²) in [5.41, 5.74) is 2.47. The number of benzene rings is 2. The van der Waals surface area contributed by atoms with Crippen LogP contribution in [0.5, 0.6) is 5.75 Å². The third-order valence-electron chi connectivity index (χ3n) is 6.17. The quantitative estimate of drug-likeness (QED) is 0.631. The van der Waals surface area contributed by atoms with Crippen molar-refractivity contribution in [2.75, 3.05) is 26.7 Å². The van der Waals surface area contributed by atoms with Crippen LogP contribution in [-0.4, -0.2) is 59.8 Å². The maximum atomic E-state index is 12.4. The Hall–Kier alpha value is -3.12. The van der Waals surface area contributed by atoms with E-state index in [0.29, 0.717) is 6.54 Å². The SMILES string of the molecule is COc1ccc(CCN2C(=O)O[C@@H]3CN(Cc4cccc5cnccc45)C[C@@H]32)cc1. The molecule has 2 saturated heterocycles. The molecule has 2 aliphatic rings. The van der Waals surface area contributed by atoms with Crippen molar-refractivity contribution in [2.24, 2.45) is 0 Å². The molecule has 2 aromatic carbocycles. The Balaban J connectivity index is 1.25. The number of amides is 1. The van der Waals surface area contributed by atoms with E-state index in [-0.39, 0.29) is 18.2 Å². The van der Waals surface area contributed by atoms with Gasteiger partial charge in [0.2, 0.25) is 0 Å². The zero-order valence-electron chi connectivity index (χ0n) is 17.0. The molecule has 0 unspecified atom stereocenters. The number of ether oxygens (including phenoxy) is 2. The fraction of sp³-hybridized carbons (Fsp3) is 0.333. The van der Waals surface area contributed by atoms with E-state index < -0.39 is 0 Å². The lowest BCUT2D eigenvalue weighted by molar-refractivity contribution is 0.120. The number of nitrogens with zero attached hydrogens (tertiary/aromatic N) is 3. The highest BCUT2D eigenvalue weighted by Crippen LogP contribution is 2.29. The monoisotopic (exact) mass is 403 g/mol. The summed E-state index contributed by atoms with van der Waals surface area (Å²) in [6.45, 7) is 3.12. The maximum Gasteiger partial charge on any atom is 0.410 e. The van der Waals surface area contributed by atoms with Gasteiger partial charge in [0.25, 0.3) is 0 Å². The van der Waals surface area contributed by atoms with E-state index in [1.165, 1.54) is 16.5 Å². The first kappa shape index (κ1) is 18.9. The molecule has 0 saturated carbocycles. The lowest BCUT2D eigenvalue weighted by atomic mass is 10.1. The molecule has 0 aliphatic carbocycles. The highest BCUT2D eigenvalue weighted by Gasteiger charge is 2.47. The number of rotatable bonds is 6. The molecule has 0 spiro atoms. The smallest absolute Gasteiger partial charge is 0.410 e. The van der Waals surface area contributed by atoms with E-state index >= 15 is 0 Å². The minimum Gasteiger partial charge on any atom is -0.497 e. The zero-order chi connectivity index (χ0) is 20.5. The molecule has 6 nitrogen and oxygen atoms in total. The number of hydrogen-bond acceptors (Lipinski definition) is 5. The summed E-state index contributed by atoms with van der Waals surface area (Å²) in [5.74, 6) is 0.843. The van der Waals surface area contributed by atoms with Crippen LogP contribution >= 0.6 is 0 Å². The summed E-state index contributed by atoms with van der Waals surface area (Å²) < 4.78 is 10.9. The van der Waals surface area contributed by atoms with Gasteiger partial charge in [0, 0.05) is 44.0 Å². The summed E-state index contributed by atoms with van der Waals surface area (Å²) in [5, 5.41) is 2.39. The number of methoxy groups -OCH3 is 1. The van der Waals surface area contributed by atoms with Gasteiger partial charge in [0.1, 0.15) is 11.9 Å². The number of carbonyl (C=O) groups excluding carboxylic acids is 1. The Morgan fingerprint density at radius 2 is 2.00 bits per heavy atom. The molecule has 2 atom stereocenters. The van der Waals surface area contributed by atoms with Crippen LogP contribution in [0.4, 0.5) is 4.79 Å². The second kappa shape index (κ2) is 7.95. The standard InChI is InChI=1S/C24H25N3O3/c1-29-20-7-5-17(6-8-20)10-12-27-22-15-26(16-23(22)30-24(27)28)14-19-4-2-3-18-13-25-11-9-21(18)19/h2-9,11,13,22-23H,10,12,14-16H2,1H3/t22-,23+/m0/s1. The molecule has 1 amide bonds. The van der Waals surface area contributed by atoms with Gasteiger partial charge in [0.05, 0.1) is 13.2 Å². The van der Waals surface area contributed by atoms with Gasteiger partial charge >= 0.3 is 6.09 Å². The van der Waals surface area contributed by atoms with Gasteiger partial charge in [-0.3, -0.25) is 14.8 Å². The Morgan fingerprint density at radius 3 is 2.83 bits per heavy atom. The lowest BCUT2D eigenvalue weighted by Crippen LogP contribution is -2.39. The van der Waals surface area contributed by atoms with Gasteiger partial charge in [-0.2, -0.15) is 0 Å². The van der Waals surface area contributed by atoms with Crippen molar-refractivity contribution in [3.8, 4) is 5.75 Å². The first-order valence-electron chi connectivity index (χ1n) is 10.4. The fourth-order valence-electron chi connectivity index (χ4n) is 4.58. The van der Waals surface area contributed by atoms with Crippen LogP contribution in [0.3, 0.4) is 0 Å². The minimum absolute atomic E-state index is 0.0509. The molecule has 3 heterocycles. The van der Waals surface area contributed by atoms with Crippen molar-refractivity contribution in [3.63, 3.8) is 0 Å². The largest absolute Gasteiger partial charge is 0.497 e. The molecule has 2 aliphatic heterocycles. The van der Waals surface area contributed by atoms with Gasteiger partial charge in [0.15, 0.2) is 0 Å². The molecule has 5 rings (SSSR count). The van der Waals surface area contributed by atoms with Gasteiger partial charge in [-0.1, -0.05) is 30.3 Å². The molecule has 0 radical (unpaired) electrons. The Kier molecular flexibility index (Phi) is 5.01. The van der Waals surface area contributed by atoms with Crippen LogP contribution in [-0.2, 0) is 17.7 Å². The molecule has 30 heavy (non-hydrogen) atoms. The number of pyridine rings is 1. The summed E-state index contributed by atoms with van der Waals surface area (Å²) >= 11 is 0. The molecular weight excluding hydrogens is 378 g/mol. The van der Waals surface area contributed by atoms with Crippen molar-refractivity contribution >= 4 is 16.9 Å². The minimum atomic E-state index is -0.186. The van der Waals surface area contributed by atoms with Crippen LogP contribution < -0.4 is 4.74 Å². The summed E-state index contributed by atoms with van der Waals surface area (Å²) in [7, 11) is 1.66. The normalized spacial score (nSPS) is 21.1. The van der Waals surface area contributed by atoms with Crippen LogP contribution in [0, 0.1) is 0 Å². The number of hydrogen-bond donors (Lipinski definition) is 0. The summed E-state index contributed by atoms with van der Waals surface area (Å²) in [6, 6.07) is 16.5. The Labute approximate surface area is 176 Å². The third-order valence-corrected chi connectivity index (χ3v) is 6.17. The predicted molar refractivity (Wildman–Crippen MR) is 114 cm³/mol. The topological polar surface area (TPSA) is 54.9 Å². The highest BCUT2D eigenvalue weighted by atomic mass is 16.6. The Bertz CT molecular complexity index is 1050. The van der Waals surface area contributed by atoms with E-state index in [2.05, 4.69) is 34.1 Å². The zero-order valence-corrected chi connectivity index (χ0v) is 17.0. The van der Waals surface area contributed by atoms with Crippen molar-refractivity contribution in [1.29, 1.82) is 0 Å². The molecule has 0 bridgehead atoms. The van der Waals surface area contributed by atoms with Gasteiger partial charge in [-0.25, -0.2) is 4.79 Å². The van der Waals surface area contributed by atoms with Crippen LogP contribution in [0.1, 0.15) is 11.1 Å². The van der Waals surface area contributed by atoms with Gasteiger partial charge < -0.3 is 9.47 Å². The van der Waals surface area contributed by atoms with E-state index in [0.717, 1.165) is 37.2 Å². The van der Waals surface area contributed by atoms with E-state index in [4.69, 9.17) is 9.47 Å². The predicted octanol–water partition coefficient (Wildman–Crippen LogP) is 3.49. The van der Waals surface area contributed by atoms with Crippen molar-refractivity contribution in [1.82, 2.24) is 14.8 Å². The number of likely N-dealkylation sites (tertiary alicyclic amines) is 1. The molecule has 0 N–H and O–H groups in total. The van der Waals surface area contributed by atoms with Crippen molar-refractivity contribution < 1.29 is 14.3 Å². The molecular formula is C24H25N3O3. The molecule has 3 aromatic rings. The number of carbonyl (C=O) groups is 1. The van der Waals surface area contributed by atoms with Crippen LogP contribution in [0.2, 0.25) is 0 Å². The molecule has 1 aromatic heterocycles. The first-order chi connectivity index (χ1) is 14.7. The molecule has 2 fully saturated rings.